The van der Waals surface area contributed by atoms with Crippen LogP contribution in [0, 0.1) is 5.41 Å². The first-order valence-electron chi connectivity index (χ1n) is 10.2. The predicted octanol–water partition coefficient (Wildman–Crippen LogP) is 3.54. The van der Waals surface area contributed by atoms with Crippen molar-refractivity contribution in [2.75, 3.05) is 26.8 Å². The van der Waals surface area contributed by atoms with Crippen LogP contribution in [0.3, 0.4) is 0 Å². The van der Waals surface area contributed by atoms with Gasteiger partial charge in [-0.05, 0) is 49.3 Å². The lowest BCUT2D eigenvalue weighted by molar-refractivity contribution is 0.105. The van der Waals surface area contributed by atoms with E-state index in [0.29, 0.717) is 12.0 Å². The minimum absolute atomic E-state index is 0. The molecule has 1 aliphatic rings. The van der Waals surface area contributed by atoms with Crippen LogP contribution in [0.5, 0.6) is 0 Å². The van der Waals surface area contributed by atoms with Crippen LogP contribution in [-0.4, -0.2) is 47.3 Å². The predicted molar refractivity (Wildman–Crippen MR) is 127 cm³/mol. The van der Waals surface area contributed by atoms with E-state index in [1.54, 1.807) is 12.5 Å². The van der Waals surface area contributed by atoms with Gasteiger partial charge in [0, 0.05) is 51.9 Å². The highest BCUT2D eigenvalue weighted by Gasteiger charge is 2.33. The van der Waals surface area contributed by atoms with E-state index in [2.05, 4.69) is 38.6 Å². The first-order chi connectivity index (χ1) is 13.7. The van der Waals surface area contributed by atoms with Gasteiger partial charge in [0.15, 0.2) is 5.96 Å². The minimum atomic E-state index is 0. The summed E-state index contributed by atoms with van der Waals surface area (Å²) in [6, 6.07) is 4.07. The molecule has 2 aromatic rings. The first kappa shape index (κ1) is 23.6. The molecule has 0 aromatic carbocycles. The van der Waals surface area contributed by atoms with Crippen LogP contribution in [0.2, 0.25) is 0 Å². The molecule has 0 unspecified atom stereocenters. The molecule has 0 atom stereocenters. The molecule has 0 radical (unpaired) electrons. The van der Waals surface area contributed by atoms with Gasteiger partial charge in [-0.15, -0.1) is 24.0 Å². The molecule has 2 heterocycles. The molecule has 29 heavy (non-hydrogen) atoms. The van der Waals surface area contributed by atoms with Crippen LogP contribution in [0.4, 0.5) is 0 Å². The summed E-state index contributed by atoms with van der Waals surface area (Å²) < 4.78 is 7.52. The summed E-state index contributed by atoms with van der Waals surface area (Å²) in [5.41, 5.74) is 1.48. The quantitative estimate of drug-likeness (QED) is 0.233. The van der Waals surface area contributed by atoms with Crippen LogP contribution in [0.1, 0.15) is 44.6 Å². The van der Waals surface area contributed by atoms with E-state index in [0.717, 1.165) is 43.5 Å². The Balaban J connectivity index is 0.00000300. The number of hydrogen-bond acceptors (Lipinski definition) is 4. The number of pyridine rings is 1. The Bertz CT molecular complexity index is 743. The second-order valence-corrected chi connectivity index (χ2v) is 7.43. The molecule has 2 aromatic heterocycles. The number of ether oxygens (including phenoxy) is 1. The highest BCUT2D eigenvalue weighted by atomic mass is 127. The van der Waals surface area contributed by atoms with Gasteiger partial charge in [0.2, 0.25) is 0 Å². The molecule has 8 heteroatoms. The number of aromatic nitrogens is 3. The number of halogens is 1. The largest absolute Gasteiger partial charge is 0.382 e. The second-order valence-electron chi connectivity index (χ2n) is 7.43. The Morgan fingerprint density at radius 3 is 2.79 bits per heavy atom. The van der Waals surface area contributed by atoms with E-state index < -0.39 is 0 Å². The van der Waals surface area contributed by atoms with Crippen LogP contribution < -0.4 is 10.6 Å². The van der Waals surface area contributed by atoms with Crippen molar-refractivity contribution in [1.82, 2.24) is 25.2 Å². The number of nitrogens with one attached hydrogen (secondary N) is 2. The molecule has 0 bridgehead atoms. The van der Waals surface area contributed by atoms with Crippen molar-refractivity contribution in [3.63, 3.8) is 0 Å². The van der Waals surface area contributed by atoms with Crippen LogP contribution >= 0.6 is 24.0 Å². The van der Waals surface area contributed by atoms with Crippen molar-refractivity contribution in [2.24, 2.45) is 10.4 Å². The van der Waals surface area contributed by atoms with Gasteiger partial charge in [-0.1, -0.05) is 12.8 Å². The van der Waals surface area contributed by atoms with Crippen molar-refractivity contribution >= 4 is 29.9 Å². The van der Waals surface area contributed by atoms with Gasteiger partial charge in [0.05, 0.1) is 0 Å². The zero-order valence-corrected chi connectivity index (χ0v) is 19.8. The number of imidazole rings is 1. The highest BCUT2D eigenvalue weighted by molar-refractivity contribution is 14.0. The summed E-state index contributed by atoms with van der Waals surface area (Å²) in [5, 5.41) is 6.97. The summed E-state index contributed by atoms with van der Waals surface area (Å²) in [5.74, 6) is 1.70. The molecule has 0 aliphatic heterocycles. The van der Waals surface area contributed by atoms with Crippen LogP contribution in [0.15, 0.2) is 42.0 Å². The second kappa shape index (κ2) is 12.1. The molecule has 0 saturated heterocycles. The fourth-order valence-corrected chi connectivity index (χ4v) is 3.86. The van der Waals surface area contributed by atoms with E-state index in [1.165, 1.54) is 25.7 Å². The number of aliphatic imine (C=N–C) groups is 1. The zero-order valence-electron chi connectivity index (χ0n) is 17.4. The lowest BCUT2D eigenvalue weighted by atomic mass is 9.83. The van der Waals surface area contributed by atoms with Gasteiger partial charge in [-0.3, -0.25) is 9.56 Å². The number of nitrogens with zero attached hydrogens (tertiary/aromatic N) is 4. The molecular weight excluding hydrogens is 479 g/mol. The molecule has 2 N–H and O–H groups in total. The van der Waals surface area contributed by atoms with E-state index in [1.807, 2.05) is 30.1 Å². The molecule has 3 rings (SSSR count). The summed E-state index contributed by atoms with van der Waals surface area (Å²) in [6.45, 7) is 5.33. The van der Waals surface area contributed by atoms with Gasteiger partial charge in [-0.2, -0.15) is 0 Å². The number of guanidine groups is 1. The van der Waals surface area contributed by atoms with Gasteiger partial charge < -0.3 is 15.4 Å². The summed E-state index contributed by atoms with van der Waals surface area (Å²) in [6.07, 6.45) is 13.5. The molecule has 160 valence electrons. The van der Waals surface area contributed by atoms with Crippen molar-refractivity contribution < 1.29 is 4.74 Å². The summed E-state index contributed by atoms with van der Waals surface area (Å²) in [4.78, 5) is 12.9. The van der Waals surface area contributed by atoms with Crippen molar-refractivity contribution in [1.29, 1.82) is 0 Å². The molecule has 7 nitrogen and oxygen atoms in total. The van der Waals surface area contributed by atoms with E-state index >= 15 is 0 Å². The minimum Gasteiger partial charge on any atom is -0.382 e. The maximum absolute atomic E-state index is 5.61. The first-order valence-corrected chi connectivity index (χ1v) is 10.2. The fraction of sp³-hybridized carbons (Fsp3) is 0.571. The van der Waals surface area contributed by atoms with Gasteiger partial charge in [-0.25, -0.2) is 9.97 Å². The average Bonchev–Trinajstić information content (AvgIpc) is 3.41. The third kappa shape index (κ3) is 6.95. The molecule has 0 amide bonds. The monoisotopic (exact) mass is 512 g/mol. The van der Waals surface area contributed by atoms with Crippen molar-refractivity contribution in [3.05, 3.63) is 42.6 Å². The topological polar surface area (TPSA) is 76.4 Å². The maximum atomic E-state index is 5.61. The molecular formula is C21H33IN6O. The third-order valence-electron chi connectivity index (χ3n) is 5.54. The lowest BCUT2D eigenvalue weighted by Gasteiger charge is -2.30. The van der Waals surface area contributed by atoms with E-state index in [4.69, 9.17) is 4.74 Å². The molecule has 1 aliphatic carbocycles. The Labute approximate surface area is 190 Å². The number of hydrogen-bond donors (Lipinski definition) is 2. The standard InChI is InChI=1S/C21H32N6O.HI/c1-3-28-13-9-21(7-4-5-8-21)16-26-20(22-2)25-15-18-6-10-24-19(14-18)27-12-11-23-17-27;/h6,10-12,14,17H,3-5,7-9,13,15-16H2,1-2H3,(H2,22,25,26);1H. The Morgan fingerprint density at radius 1 is 1.28 bits per heavy atom. The Kier molecular flexibility index (Phi) is 9.86. The number of rotatable bonds is 9. The van der Waals surface area contributed by atoms with Gasteiger partial charge >= 0.3 is 0 Å². The lowest BCUT2D eigenvalue weighted by Crippen LogP contribution is -2.43. The van der Waals surface area contributed by atoms with Gasteiger partial charge in [0.1, 0.15) is 12.1 Å². The maximum Gasteiger partial charge on any atom is 0.191 e. The molecule has 1 fully saturated rings. The third-order valence-corrected chi connectivity index (χ3v) is 5.54. The van der Waals surface area contributed by atoms with Crippen LogP contribution in [-0.2, 0) is 11.3 Å². The van der Waals surface area contributed by atoms with E-state index in [-0.39, 0.29) is 24.0 Å². The smallest absolute Gasteiger partial charge is 0.191 e. The SMILES string of the molecule is CCOCCC1(CNC(=NC)NCc2ccnc(-n3ccnc3)c2)CCCC1.I. The van der Waals surface area contributed by atoms with Gasteiger partial charge in [0.25, 0.3) is 0 Å². The fourth-order valence-electron chi connectivity index (χ4n) is 3.86. The zero-order chi connectivity index (χ0) is 19.7. The average molecular weight is 512 g/mol. The Morgan fingerprint density at radius 2 is 2.10 bits per heavy atom. The normalized spacial score (nSPS) is 15.7. The summed E-state index contributed by atoms with van der Waals surface area (Å²) in [7, 11) is 1.82. The highest BCUT2D eigenvalue weighted by Crippen LogP contribution is 2.40. The molecule has 1 saturated carbocycles. The Hall–Kier alpha value is -1.68. The summed E-state index contributed by atoms with van der Waals surface area (Å²) >= 11 is 0. The van der Waals surface area contributed by atoms with Crippen molar-refractivity contribution in [2.45, 2.75) is 45.6 Å². The van der Waals surface area contributed by atoms with Crippen molar-refractivity contribution in [3.8, 4) is 5.82 Å². The van der Waals surface area contributed by atoms with Crippen LogP contribution in [0.25, 0.3) is 5.82 Å². The molecule has 0 spiro atoms. The van der Waals surface area contributed by atoms with E-state index in [9.17, 15) is 0 Å².